The number of rotatable bonds is 3. The van der Waals surface area contributed by atoms with Gasteiger partial charge in [0.15, 0.2) is 0 Å². The molecule has 0 N–H and O–H groups in total. The average Bonchev–Trinajstić information content (AvgIpc) is 2.46. The first-order valence-electron chi connectivity index (χ1n) is 5.80. The number of carbonyl (C=O) groups is 1. The summed E-state index contributed by atoms with van der Waals surface area (Å²) in [6.07, 6.45) is -3.02. The van der Waals surface area contributed by atoms with Crippen molar-refractivity contribution < 1.29 is 27.4 Å². The van der Waals surface area contributed by atoms with Gasteiger partial charge >= 0.3 is 12.1 Å². The molecule has 7 heteroatoms. The van der Waals surface area contributed by atoms with Crippen molar-refractivity contribution in [3.05, 3.63) is 53.7 Å². The summed E-state index contributed by atoms with van der Waals surface area (Å²) >= 11 is 0. The summed E-state index contributed by atoms with van der Waals surface area (Å²) in [5.74, 6) is -0.555. The van der Waals surface area contributed by atoms with Gasteiger partial charge in [-0.2, -0.15) is 13.2 Å². The molecular weight excluding hydrogens is 287 g/mol. The molecule has 21 heavy (non-hydrogen) atoms. The van der Waals surface area contributed by atoms with Gasteiger partial charge in [-0.3, -0.25) is 0 Å². The minimum Gasteiger partial charge on any atom is -0.465 e. The number of hydrogen-bond acceptors (Lipinski definition) is 4. The molecule has 0 aliphatic heterocycles. The maximum atomic E-state index is 12.4. The number of carbonyl (C=O) groups excluding carboxylic acids is 1. The lowest BCUT2D eigenvalue weighted by Gasteiger charge is -2.10. The summed E-state index contributed by atoms with van der Waals surface area (Å²) in [5, 5.41) is 0. The molecule has 0 saturated carbocycles. The molecule has 0 atom stereocenters. The van der Waals surface area contributed by atoms with E-state index in [0.29, 0.717) is 0 Å². The van der Waals surface area contributed by atoms with Crippen LogP contribution in [0.5, 0.6) is 11.6 Å². The summed E-state index contributed by atoms with van der Waals surface area (Å²) in [4.78, 5) is 15.4. The standard InChI is InChI=1S/C14H10F3NO3/c1-20-13(19)11-3-2-8-18-12(11)21-10-6-4-9(5-7-10)14(15,16)17/h2-8H,1H3. The lowest BCUT2D eigenvalue weighted by Crippen LogP contribution is -2.06. The number of halogens is 3. The smallest absolute Gasteiger partial charge is 0.416 e. The molecule has 0 amide bonds. The first kappa shape index (κ1) is 14.8. The van der Waals surface area contributed by atoms with Crippen LogP contribution in [0.3, 0.4) is 0 Å². The SMILES string of the molecule is COC(=O)c1cccnc1Oc1ccc(C(F)(F)F)cc1. The highest BCUT2D eigenvalue weighted by molar-refractivity contribution is 5.91. The van der Waals surface area contributed by atoms with Crippen molar-refractivity contribution in [1.82, 2.24) is 4.98 Å². The summed E-state index contributed by atoms with van der Waals surface area (Å²) in [5.41, 5.74) is -0.705. The van der Waals surface area contributed by atoms with E-state index in [9.17, 15) is 18.0 Å². The molecule has 1 aromatic heterocycles. The van der Waals surface area contributed by atoms with Gasteiger partial charge in [-0.05, 0) is 36.4 Å². The van der Waals surface area contributed by atoms with Crippen molar-refractivity contribution in [2.75, 3.05) is 7.11 Å². The fourth-order valence-corrected chi connectivity index (χ4v) is 1.56. The van der Waals surface area contributed by atoms with Gasteiger partial charge in [0.05, 0.1) is 12.7 Å². The van der Waals surface area contributed by atoms with Gasteiger partial charge in [0.25, 0.3) is 0 Å². The molecule has 0 bridgehead atoms. The van der Waals surface area contributed by atoms with Crippen LogP contribution in [0.4, 0.5) is 13.2 Å². The Balaban J connectivity index is 2.25. The fourth-order valence-electron chi connectivity index (χ4n) is 1.56. The lowest BCUT2D eigenvalue weighted by atomic mass is 10.2. The third-order valence-electron chi connectivity index (χ3n) is 2.57. The lowest BCUT2D eigenvalue weighted by molar-refractivity contribution is -0.137. The van der Waals surface area contributed by atoms with Crippen molar-refractivity contribution in [1.29, 1.82) is 0 Å². The van der Waals surface area contributed by atoms with E-state index < -0.39 is 17.7 Å². The number of pyridine rings is 1. The second kappa shape index (κ2) is 5.82. The van der Waals surface area contributed by atoms with E-state index in [1.54, 1.807) is 0 Å². The average molecular weight is 297 g/mol. The van der Waals surface area contributed by atoms with E-state index in [1.165, 1.54) is 25.4 Å². The predicted octanol–water partition coefficient (Wildman–Crippen LogP) is 3.68. The van der Waals surface area contributed by atoms with Crippen LogP contribution in [-0.2, 0) is 10.9 Å². The van der Waals surface area contributed by atoms with E-state index in [0.717, 1.165) is 24.3 Å². The van der Waals surface area contributed by atoms with Gasteiger partial charge in [-0.25, -0.2) is 9.78 Å². The number of hydrogen-bond donors (Lipinski definition) is 0. The van der Waals surface area contributed by atoms with Gasteiger partial charge < -0.3 is 9.47 Å². The number of alkyl halides is 3. The van der Waals surface area contributed by atoms with Crippen LogP contribution in [0.1, 0.15) is 15.9 Å². The number of methoxy groups -OCH3 is 1. The third-order valence-corrected chi connectivity index (χ3v) is 2.57. The molecule has 0 unspecified atom stereocenters. The Morgan fingerprint density at radius 2 is 1.81 bits per heavy atom. The van der Waals surface area contributed by atoms with Crippen molar-refractivity contribution in [2.24, 2.45) is 0 Å². The molecule has 0 fully saturated rings. The van der Waals surface area contributed by atoms with Crippen LogP contribution in [0.25, 0.3) is 0 Å². The molecule has 1 heterocycles. The Hall–Kier alpha value is -2.57. The van der Waals surface area contributed by atoms with Crippen molar-refractivity contribution in [3.8, 4) is 11.6 Å². The summed E-state index contributed by atoms with van der Waals surface area (Å²) in [6.45, 7) is 0. The van der Waals surface area contributed by atoms with Crippen molar-refractivity contribution in [2.45, 2.75) is 6.18 Å². The molecule has 4 nitrogen and oxygen atoms in total. The Morgan fingerprint density at radius 3 is 2.38 bits per heavy atom. The van der Waals surface area contributed by atoms with Crippen LogP contribution < -0.4 is 4.74 Å². The Kier molecular flexibility index (Phi) is 4.11. The normalized spacial score (nSPS) is 11.0. The van der Waals surface area contributed by atoms with Gasteiger partial charge in [-0.15, -0.1) is 0 Å². The van der Waals surface area contributed by atoms with E-state index in [-0.39, 0.29) is 17.2 Å². The number of nitrogens with zero attached hydrogens (tertiary/aromatic N) is 1. The number of benzene rings is 1. The zero-order chi connectivity index (χ0) is 15.5. The summed E-state index contributed by atoms with van der Waals surface area (Å²) < 4.78 is 47.2. The first-order valence-corrected chi connectivity index (χ1v) is 5.80. The Morgan fingerprint density at radius 1 is 1.14 bits per heavy atom. The van der Waals surface area contributed by atoms with E-state index >= 15 is 0 Å². The summed E-state index contributed by atoms with van der Waals surface area (Å²) in [7, 11) is 1.21. The Labute approximate surface area is 118 Å². The van der Waals surface area contributed by atoms with Crippen LogP contribution in [0.2, 0.25) is 0 Å². The van der Waals surface area contributed by atoms with Crippen LogP contribution in [-0.4, -0.2) is 18.1 Å². The monoisotopic (exact) mass is 297 g/mol. The first-order chi connectivity index (χ1) is 9.91. The number of aromatic nitrogens is 1. The quantitative estimate of drug-likeness (QED) is 0.811. The summed E-state index contributed by atoms with van der Waals surface area (Å²) in [6, 6.07) is 7.04. The molecule has 0 aliphatic carbocycles. The fraction of sp³-hybridized carbons (Fsp3) is 0.143. The topological polar surface area (TPSA) is 48.4 Å². The molecule has 110 valence electrons. The molecule has 2 aromatic rings. The molecule has 2 rings (SSSR count). The van der Waals surface area contributed by atoms with Gasteiger partial charge in [0.1, 0.15) is 11.3 Å². The third kappa shape index (κ3) is 3.50. The maximum absolute atomic E-state index is 12.4. The van der Waals surface area contributed by atoms with E-state index in [2.05, 4.69) is 9.72 Å². The Bertz CT molecular complexity index is 639. The second-order valence-electron chi connectivity index (χ2n) is 3.97. The molecule has 0 spiro atoms. The highest BCUT2D eigenvalue weighted by Gasteiger charge is 2.30. The molecule has 0 saturated heterocycles. The minimum atomic E-state index is -4.42. The molecule has 0 radical (unpaired) electrons. The second-order valence-corrected chi connectivity index (χ2v) is 3.97. The molecule has 1 aromatic carbocycles. The number of esters is 1. The van der Waals surface area contributed by atoms with Crippen molar-refractivity contribution >= 4 is 5.97 Å². The number of ether oxygens (including phenoxy) is 2. The highest BCUT2D eigenvalue weighted by atomic mass is 19.4. The highest BCUT2D eigenvalue weighted by Crippen LogP contribution is 2.31. The molecular formula is C14H10F3NO3. The predicted molar refractivity (Wildman–Crippen MR) is 67.1 cm³/mol. The maximum Gasteiger partial charge on any atom is 0.416 e. The zero-order valence-corrected chi connectivity index (χ0v) is 10.8. The van der Waals surface area contributed by atoms with Crippen LogP contribution in [0.15, 0.2) is 42.6 Å². The van der Waals surface area contributed by atoms with Gasteiger partial charge in [0, 0.05) is 6.20 Å². The van der Waals surface area contributed by atoms with Crippen LogP contribution in [0, 0.1) is 0 Å². The van der Waals surface area contributed by atoms with Gasteiger partial charge in [0.2, 0.25) is 5.88 Å². The minimum absolute atomic E-state index is 0.0379. The van der Waals surface area contributed by atoms with Gasteiger partial charge in [-0.1, -0.05) is 0 Å². The van der Waals surface area contributed by atoms with E-state index in [1.807, 2.05) is 0 Å². The van der Waals surface area contributed by atoms with Crippen molar-refractivity contribution in [3.63, 3.8) is 0 Å². The van der Waals surface area contributed by atoms with Crippen LogP contribution >= 0.6 is 0 Å². The zero-order valence-electron chi connectivity index (χ0n) is 10.8. The largest absolute Gasteiger partial charge is 0.465 e. The van der Waals surface area contributed by atoms with E-state index in [4.69, 9.17) is 4.74 Å². The molecule has 0 aliphatic rings.